The monoisotopic (exact) mass is 479 g/mol. The van der Waals surface area contributed by atoms with Gasteiger partial charge in [0.25, 0.3) is 0 Å². The predicted molar refractivity (Wildman–Crippen MR) is 129 cm³/mol. The second-order valence-corrected chi connectivity index (χ2v) is 8.23. The Morgan fingerprint density at radius 2 is 1.97 bits per heavy atom. The molecule has 0 aliphatic carbocycles. The largest absolute Gasteiger partial charge is 0.467 e. The van der Waals surface area contributed by atoms with Crippen LogP contribution in [0.5, 0.6) is 17.6 Å². The van der Waals surface area contributed by atoms with Gasteiger partial charge in [-0.15, -0.1) is 0 Å². The van der Waals surface area contributed by atoms with Crippen molar-refractivity contribution < 1.29 is 14.3 Å². The van der Waals surface area contributed by atoms with Crippen LogP contribution in [-0.4, -0.2) is 69.2 Å². The number of halogens is 1. The Hall–Kier alpha value is -3.92. The predicted octanol–water partition coefficient (Wildman–Crippen LogP) is 3.50. The summed E-state index contributed by atoms with van der Waals surface area (Å²) >= 11 is 6.42. The van der Waals surface area contributed by atoms with Gasteiger partial charge in [0.2, 0.25) is 11.8 Å². The fourth-order valence-electron chi connectivity index (χ4n) is 4.04. The molecule has 1 aliphatic rings. The van der Waals surface area contributed by atoms with Crippen molar-refractivity contribution in [2.75, 3.05) is 38.2 Å². The quantitative estimate of drug-likeness (QED) is 0.342. The fraction of sp³-hybridized carbons (Fsp3) is 0.261. The van der Waals surface area contributed by atoms with Gasteiger partial charge >= 0.3 is 6.01 Å². The molecule has 10 nitrogen and oxygen atoms in total. The van der Waals surface area contributed by atoms with Crippen LogP contribution in [-0.2, 0) is 4.79 Å². The Balaban J connectivity index is 1.60. The first-order valence-corrected chi connectivity index (χ1v) is 11.1. The molecule has 0 atom stereocenters. The molecule has 3 aromatic heterocycles. The highest BCUT2D eigenvalue weighted by atomic mass is 35.5. The molecule has 174 valence electrons. The van der Waals surface area contributed by atoms with Crippen molar-refractivity contribution in [1.82, 2.24) is 30.0 Å². The van der Waals surface area contributed by atoms with E-state index in [1.165, 1.54) is 13.2 Å². The smallest absolute Gasteiger partial charge is 0.318 e. The number of rotatable bonds is 5. The molecule has 0 saturated carbocycles. The van der Waals surface area contributed by atoms with E-state index in [-0.39, 0.29) is 23.0 Å². The second kappa shape index (κ2) is 8.79. The van der Waals surface area contributed by atoms with E-state index >= 15 is 0 Å². The summed E-state index contributed by atoms with van der Waals surface area (Å²) in [6.45, 7) is 7.76. The number of carbonyl (C=O) groups excluding carboxylic acids is 1. The van der Waals surface area contributed by atoms with E-state index in [4.69, 9.17) is 21.1 Å². The molecule has 11 heteroatoms. The highest BCUT2D eigenvalue weighted by molar-refractivity contribution is 6.30. The highest BCUT2D eigenvalue weighted by Gasteiger charge is 2.25. The maximum Gasteiger partial charge on any atom is 0.318 e. The lowest BCUT2D eigenvalue weighted by Gasteiger charge is -2.35. The number of aromatic amines is 1. The first-order chi connectivity index (χ1) is 16.5. The minimum atomic E-state index is -0.0866. The van der Waals surface area contributed by atoms with Crippen LogP contribution in [0.25, 0.3) is 21.8 Å². The number of pyridine rings is 1. The number of H-pyrrole nitrogens is 1. The number of hydrogen-bond acceptors (Lipinski definition) is 8. The van der Waals surface area contributed by atoms with Crippen molar-refractivity contribution in [1.29, 1.82) is 0 Å². The average molecular weight is 480 g/mol. The van der Waals surface area contributed by atoms with Crippen LogP contribution in [0.3, 0.4) is 0 Å². The summed E-state index contributed by atoms with van der Waals surface area (Å²) in [4.78, 5) is 29.4. The molecule has 0 unspecified atom stereocenters. The zero-order chi connectivity index (χ0) is 23.8. The summed E-state index contributed by atoms with van der Waals surface area (Å²) in [7, 11) is 1.51. The van der Waals surface area contributed by atoms with E-state index in [1.54, 1.807) is 17.2 Å². The van der Waals surface area contributed by atoms with Crippen molar-refractivity contribution in [3.05, 3.63) is 47.8 Å². The summed E-state index contributed by atoms with van der Waals surface area (Å²) in [5.41, 5.74) is 2.22. The van der Waals surface area contributed by atoms with E-state index in [0.29, 0.717) is 48.6 Å². The van der Waals surface area contributed by atoms with Crippen LogP contribution in [0.4, 0.5) is 5.82 Å². The molecule has 0 bridgehead atoms. The van der Waals surface area contributed by atoms with Gasteiger partial charge in [-0.05, 0) is 30.7 Å². The van der Waals surface area contributed by atoms with E-state index in [0.717, 1.165) is 16.5 Å². The third-order valence-electron chi connectivity index (χ3n) is 5.80. The number of anilines is 1. The van der Waals surface area contributed by atoms with Gasteiger partial charge < -0.3 is 19.3 Å². The molecule has 5 rings (SSSR count). The molecule has 1 amide bonds. The van der Waals surface area contributed by atoms with Gasteiger partial charge in [0.1, 0.15) is 22.2 Å². The molecule has 4 aromatic rings. The molecule has 1 fully saturated rings. The Bertz CT molecular complexity index is 1410. The number of amides is 1. The molecular formula is C23H22ClN7O3. The minimum absolute atomic E-state index is 0.0866. The highest BCUT2D eigenvalue weighted by Crippen LogP contribution is 2.38. The molecule has 1 N–H and O–H groups in total. The number of nitrogens with zero attached hydrogens (tertiary/aromatic N) is 6. The fourth-order valence-corrected chi connectivity index (χ4v) is 4.22. The number of fused-ring (bicyclic) bond motifs is 2. The number of nitrogens with one attached hydrogen (secondary N) is 1. The van der Waals surface area contributed by atoms with Crippen molar-refractivity contribution in [3.8, 4) is 17.6 Å². The van der Waals surface area contributed by atoms with Crippen molar-refractivity contribution in [3.63, 3.8) is 0 Å². The van der Waals surface area contributed by atoms with Crippen LogP contribution in [0.2, 0.25) is 5.15 Å². The van der Waals surface area contributed by atoms with Crippen molar-refractivity contribution >= 4 is 45.1 Å². The zero-order valence-electron chi connectivity index (χ0n) is 18.7. The normalized spacial score (nSPS) is 14.0. The summed E-state index contributed by atoms with van der Waals surface area (Å²) in [6.07, 6.45) is 3.03. The number of carbonyl (C=O) groups is 1. The molecule has 0 spiro atoms. The third-order valence-corrected chi connectivity index (χ3v) is 5.99. The van der Waals surface area contributed by atoms with Crippen LogP contribution < -0.4 is 14.4 Å². The molecular weight excluding hydrogens is 458 g/mol. The number of methoxy groups -OCH3 is 1. The van der Waals surface area contributed by atoms with E-state index in [2.05, 4.69) is 36.6 Å². The Morgan fingerprint density at radius 3 is 2.71 bits per heavy atom. The topological polar surface area (TPSA) is 109 Å². The Kier molecular flexibility index (Phi) is 5.66. The van der Waals surface area contributed by atoms with Crippen LogP contribution in [0.1, 0.15) is 5.56 Å². The lowest BCUT2D eigenvalue weighted by molar-refractivity contribution is -0.126. The Morgan fingerprint density at radius 1 is 1.18 bits per heavy atom. The number of benzene rings is 1. The molecule has 1 saturated heterocycles. The van der Waals surface area contributed by atoms with Gasteiger partial charge in [-0.2, -0.15) is 20.1 Å². The second-order valence-electron chi connectivity index (χ2n) is 7.84. The van der Waals surface area contributed by atoms with Gasteiger partial charge in [-0.1, -0.05) is 24.2 Å². The van der Waals surface area contributed by atoms with Crippen LogP contribution in [0, 0.1) is 6.92 Å². The minimum Gasteiger partial charge on any atom is -0.467 e. The number of hydrogen-bond donors (Lipinski definition) is 1. The first kappa shape index (κ1) is 21.9. The first-order valence-electron chi connectivity index (χ1n) is 10.7. The van der Waals surface area contributed by atoms with Crippen LogP contribution in [0.15, 0.2) is 37.1 Å². The molecule has 34 heavy (non-hydrogen) atoms. The van der Waals surface area contributed by atoms with Crippen LogP contribution >= 0.6 is 11.6 Å². The molecule has 0 radical (unpaired) electrons. The number of aromatic nitrogens is 5. The molecule has 4 heterocycles. The maximum atomic E-state index is 12.0. The summed E-state index contributed by atoms with van der Waals surface area (Å²) in [5.74, 6) is 1.40. The number of aryl methyl sites for hydroxylation is 1. The molecule has 1 aromatic carbocycles. The summed E-state index contributed by atoms with van der Waals surface area (Å²) in [5, 5.41) is 8.80. The van der Waals surface area contributed by atoms with E-state index in [1.807, 2.05) is 19.1 Å². The van der Waals surface area contributed by atoms with Gasteiger partial charge in [0.05, 0.1) is 29.6 Å². The van der Waals surface area contributed by atoms with Gasteiger partial charge in [-0.3, -0.25) is 9.89 Å². The standard InChI is InChI=1S/C23H22ClN7O3/c1-4-18(32)30-7-9-31(10-8-30)21-14-11-17(24)26-22(19(14)27-23(28-21)33-3)34-20-13(2)5-6-16-15(20)12-25-29-16/h4-6,11-12H,1,7-10H2,2-3H3,(H,25,29). The average Bonchev–Trinajstić information content (AvgIpc) is 3.34. The summed E-state index contributed by atoms with van der Waals surface area (Å²) < 4.78 is 11.7. The van der Waals surface area contributed by atoms with Gasteiger partial charge in [0.15, 0.2) is 0 Å². The van der Waals surface area contributed by atoms with Gasteiger partial charge in [-0.25, -0.2) is 0 Å². The number of ether oxygens (including phenoxy) is 2. The number of piperazine rings is 1. The molecule has 1 aliphatic heterocycles. The lowest BCUT2D eigenvalue weighted by atomic mass is 10.1. The Labute approximate surface area is 200 Å². The summed E-state index contributed by atoms with van der Waals surface area (Å²) in [6, 6.07) is 5.77. The third kappa shape index (κ3) is 3.86. The van der Waals surface area contributed by atoms with Gasteiger partial charge in [0, 0.05) is 26.2 Å². The zero-order valence-corrected chi connectivity index (χ0v) is 19.5. The lowest BCUT2D eigenvalue weighted by Crippen LogP contribution is -2.48. The maximum absolute atomic E-state index is 12.0. The van der Waals surface area contributed by atoms with E-state index < -0.39 is 0 Å². The van der Waals surface area contributed by atoms with Crippen molar-refractivity contribution in [2.24, 2.45) is 0 Å². The van der Waals surface area contributed by atoms with E-state index in [9.17, 15) is 4.79 Å². The SMILES string of the molecule is C=CC(=O)N1CCN(c2nc(OC)nc3c(Oc4c(C)ccc5[nH]ncc45)nc(Cl)cc23)CC1. The van der Waals surface area contributed by atoms with Crippen molar-refractivity contribution in [2.45, 2.75) is 6.92 Å².